The van der Waals surface area contributed by atoms with Gasteiger partial charge in [-0.3, -0.25) is 10.1 Å². The van der Waals surface area contributed by atoms with E-state index in [-0.39, 0.29) is 5.69 Å². The van der Waals surface area contributed by atoms with E-state index in [1.807, 2.05) is 28.8 Å². The average molecular weight is 435 g/mol. The summed E-state index contributed by atoms with van der Waals surface area (Å²) in [6.07, 6.45) is 0.958. The Morgan fingerprint density at radius 3 is 2.77 bits per heavy atom. The maximum absolute atomic E-state index is 11.6. The molecule has 0 amide bonds. The van der Waals surface area contributed by atoms with E-state index in [0.29, 0.717) is 18.7 Å². The molecule has 2 aromatic rings. The number of non-ortho nitro benzene ring substituents is 1. The number of hydrogen-bond acceptors (Lipinski definition) is 5. The molecule has 0 spiro atoms. The number of benzene rings is 2. The Kier molecular flexibility index (Phi) is 4.50. The van der Waals surface area contributed by atoms with Gasteiger partial charge in [-0.25, -0.2) is 9.48 Å². The van der Waals surface area contributed by atoms with Gasteiger partial charge in [0.2, 0.25) is 0 Å². The fraction of sp³-hybridized carbons (Fsp3) is 0.278. The monoisotopic (exact) mass is 434 g/mol. The zero-order chi connectivity index (χ0) is 18.3. The van der Waals surface area contributed by atoms with Crippen LogP contribution in [0.5, 0.6) is 0 Å². The molecule has 0 bridgehead atoms. The molecule has 8 heteroatoms. The van der Waals surface area contributed by atoms with Gasteiger partial charge in [-0.2, -0.15) is 0 Å². The molecule has 1 atom stereocenters. The number of nitro groups is 1. The lowest BCUT2D eigenvalue weighted by Crippen LogP contribution is -2.41. The number of anilines is 1. The van der Waals surface area contributed by atoms with E-state index >= 15 is 0 Å². The molecule has 0 aliphatic carbocycles. The Morgan fingerprint density at radius 1 is 1.27 bits per heavy atom. The van der Waals surface area contributed by atoms with Gasteiger partial charge < -0.3 is 5.11 Å². The molecular weight excluding hydrogens is 418 g/mol. The van der Waals surface area contributed by atoms with Gasteiger partial charge in [0.05, 0.1) is 11.5 Å². The molecule has 0 radical (unpaired) electrons. The van der Waals surface area contributed by atoms with Crippen molar-refractivity contribution < 1.29 is 14.6 Å². The highest BCUT2D eigenvalue weighted by Crippen LogP contribution is 2.38. The number of nitrogens with zero attached hydrogens (tertiary/aromatic N) is 3. The lowest BCUT2D eigenvalue weighted by Gasteiger charge is -2.24. The lowest BCUT2D eigenvalue weighted by atomic mass is 10.0. The summed E-state index contributed by atoms with van der Waals surface area (Å²) in [5.41, 5.74) is 0.237. The van der Waals surface area contributed by atoms with Crippen LogP contribution in [0.4, 0.5) is 11.4 Å². The van der Waals surface area contributed by atoms with Gasteiger partial charge in [-0.05, 0) is 42.4 Å². The van der Waals surface area contributed by atoms with Crippen LogP contribution in [-0.4, -0.2) is 38.6 Å². The molecule has 2 heterocycles. The van der Waals surface area contributed by atoms with Crippen LogP contribution in [0.15, 0.2) is 53.0 Å². The second kappa shape index (κ2) is 6.68. The van der Waals surface area contributed by atoms with Gasteiger partial charge in [-0.1, -0.05) is 28.1 Å². The fourth-order valence-electron chi connectivity index (χ4n) is 3.44. The smallest absolute Gasteiger partial charge is 0.316 e. The van der Waals surface area contributed by atoms with Gasteiger partial charge in [-0.15, -0.1) is 0 Å². The van der Waals surface area contributed by atoms with Crippen molar-refractivity contribution >= 4 is 44.2 Å². The Labute approximate surface area is 163 Å². The van der Waals surface area contributed by atoms with Gasteiger partial charge in [0.25, 0.3) is 11.4 Å². The predicted molar refractivity (Wildman–Crippen MR) is 106 cm³/mol. The Hall–Kier alpha value is -1.90. The molecule has 0 saturated carbocycles. The van der Waals surface area contributed by atoms with E-state index in [0.717, 1.165) is 27.5 Å². The first kappa shape index (κ1) is 17.5. The largest absolute Gasteiger partial charge is 0.346 e. The number of hydrogen-bond donors (Lipinski definition) is 1. The van der Waals surface area contributed by atoms with Crippen molar-refractivity contribution in [1.29, 1.82) is 0 Å². The molecule has 2 aliphatic heterocycles. The van der Waals surface area contributed by atoms with E-state index in [4.69, 9.17) is 0 Å². The zero-order valence-corrected chi connectivity index (χ0v) is 16.2. The summed E-state index contributed by atoms with van der Waals surface area (Å²) in [5, 5.41) is 23.7. The van der Waals surface area contributed by atoms with Crippen molar-refractivity contribution in [2.45, 2.75) is 12.1 Å². The highest BCUT2D eigenvalue weighted by molar-refractivity contribution is 9.10. The summed E-state index contributed by atoms with van der Waals surface area (Å²) in [5.74, 6) is 0.990. The van der Waals surface area contributed by atoms with Crippen LogP contribution in [-0.2, 0) is 5.72 Å². The summed E-state index contributed by atoms with van der Waals surface area (Å²) in [7, 11) is 0. The molecule has 6 nitrogen and oxygen atoms in total. The zero-order valence-electron chi connectivity index (χ0n) is 13.8. The molecule has 2 aliphatic rings. The SMILES string of the molecule is O=[N+]([O-])c1cccc([C@]2(O)CN(c3ccc(Br)cc3)C3=[N+]2CCCS3)c1. The number of thioether (sulfide) groups is 1. The van der Waals surface area contributed by atoms with Crippen LogP contribution in [0.2, 0.25) is 0 Å². The number of aliphatic hydroxyl groups is 1. The van der Waals surface area contributed by atoms with Crippen LogP contribution in [0.1, 0.15) is 12.0 Å². The molecule has 26 heavy (non-hydrogen) atoms. The van der Waals surface area contributed by atoms with Crippen molar-refractivity contribution in [2.75, 3.05) is 23.7 Å². The van der Waals surface area contributed by atoms with E-state index in [9.17, 15) is 15.2 Å². The molecule has 1 N–H and O–H groups in total. The van der Waals surface area contributed by atoms with E-state index in [1.54, 1.807) is 23.9 Å². The maximum atomic E-state index is 11.6. The molecule has 134 valence electrons. The summed E-state index contributed by atoms with van der Waals surface area (Å²) in [6.45, 7) is 1.05. The Balaban J connectivity index is 1.80. The first-order valence-corrected chi connectivity index (χ1v) is 10.0. The molecule has 0 aromatic heterocycles. The standard InChI is InChI=1S/C18H17BrN3O3S/c19-14-5-7-15(8-6-14)20-12-18(23,21-9-2-10-26-17(20)21)13-3-1-4-16(11-13)22(24)25/h1,3-8,11,23H,2,9-10,12H2/q+1/t18-/m1/s1. The summed E-state index contributed by atoms with van der Waals surface area (Å²) in [6, 6.07) is 14.3. The molecule has 2 aromatic carbocycles. The third-order valence-electron chi connectivity index (χ3n) is 4.70. The normalized spacial score (nSPS) is 22.5. The number of nitro benzene ring substituents is 1. The van der Waals surface area contributed by atoms with Crippen molar-refractivity contribution in [3.05, 3.63) is 68.7 Å². The average Bonchev–Trinajstić information content (AvgIpc) is 2.97. The molecule has 0 unspecified atom stereocenters. The maximum Gasteiger partial charge on any atom is 0.316 e. The van der Waals surface area contributed by atoms with E-state index in [1.165, 1.54) is 12.1 Å². The quantitative estimate of drug-likeness (QED) is 0.454. The van der Waals surface area contributed by atoms with Crippen molar-refractivity contribution in [3.8, 4) is 0 Å². The molecule has 0 fully saturated rings. The number of amidine groups is 1. The summed E-state index contributed by atoms with van der Waals surface area (Å²) < 4.78 is 2.97. The summed E-state index contributed by atoms with van der Waals surface area (Å²) in [4.78, 5) is 12.8. The minimum atomic E-state index is -1.29. The second-order valence-corrected chi connectivity index (χ2v) is 8.30. The number of rotatable bonds is 3. The van der Waals surface area contributed by atoms with Crippen molar-refractivity contribution in [2.24, 2.45) is 0 Å². The third kappa shape index (κ3) is 2.91. The first-order valence-electron chi connectivity index (χ1n) is 8.27. The van der Waals surface area contributed by atoms with Crippen molar-refractivity contribution in [1.82, 2.24) is 0 Å². The molecule has 4 rings (SSSR count). The van der Waals surface area contributed by atoms with Crippen LogP contribution >= 0.6 is 27.7 Å². The minimum Gasteiger partial charge on any atom is -0.346 e. The molecular formula is C18H17BrN3O3S+. The van der Waals surface area contributed by atoms with Crippen LogP contribution in [0.25, 0.3) is 0 Å². The topological polar surface area (TPSA) is 69.6 Å². The van der Waals surface area contributed by atoms with Crippen LogP contribution in [0, 0.1) is 10.1 Å². The van der Waals surface area contributed by atoms with Gasteiger partial charge in [0.1, 0.15) is 5.69 Å². The highest BCUT2D eigenvalue weighted by Gasteiger charge is 2.53. The fourth-order valence-corrected chi connectivity index (χ4v) is 4.88. The van der Waals surface area contributed by atoms with Crippen LogP contribution < -0.4 is 4.90 Å². The van der Waals surface area contributed by atoms with Gasteiger partial charge in [0, 0.05) is 27.9 Å². The highest BCUT2D eigenvalue weighted by atomic mass is 79.9. The lowest BCUT2D eigenvalue weighted by molar-refractivity contribution is -0.656. The molecule has 0 saturated heterocycles. The van der Waals surface area contributed by atoms with E-state index < -0.39 is 10.6 Å². The van der Waals surface area contributed by atoms with Gasteiger partial charge in [0.15, 0.2) is 6.54 Å². The first-order chi connectivity index (χ1) is 12.5. The Morgan fingerprint density at radius 2 is 2.04 bits per heavy atom. The summed E-state index contributed by atoms with van der Waals surface area (Å²) >= 11 is 5.16. The third-order valence-corrected chi connectivity index (χ3v) is 6.42. The van der Waals surface area contributed by atoms with Crippen LogP contribution in [0.3, 0.4) is 0 Å². The Bertz CT molecular complexity index is 903. The second-order valence-electron chi connectivity index (χ2n) is 6.32. The van der Waals surface area contributed by atoms with Gasteiger partial charge >= 0.3 is 5.17 Å². The van der Waals surface area contributed by atoms with Crippen molar-refractivity contribution in [3.63, 3.8) is 0 Å². The predicted octanol–water partition coefficient (Wildman–Crippen LogP) is 3.53. The van der Waals surface area contributed by atoms with E-state index in [2.05, 4.69) is 20.8 Å². The minimum absolute atomic E-state index is 0.00997. The number of halogens is 1. The number of β-amino-alcohol motifs (C(OH)–C–C–N with tert-alkyl or cyclic N) is 1.